The Morgan fingerprint density at radius 3 is 2.48 bits per heavy atom. The molecule has 1 amide bonds. The number of piperazine rings is 1. The Hall–Kier alpha value is -3.04. The molecule has 1 fully saturated rings. The van der Waals surface area contributed by atoms with E-state index in [9.17, 15) is 13.2 Å². The minimum Gasteiger partial charge on any atom is -0.490 e. The van der Waals surface area contributed by atoms with Crippen LogP contribution in [0.5, 0.6) is 11.5 Å². The minimum atomic E-state index is -3.67. The van der Waals surface area contributed by atoms with Crippen molar-refractivity contribution >= 4 is 26.8 Å². The normalized spacial score (nSPS) is 17.2. The quantitative estimate of drug-likeness (QED) is 0.574. The average Bonchev–Trinajstić information content (AvgIpc) is 3.10. The van der Waals surface area contributed by atoms with Crippen LogP contribution in [-0.4, -0.2) is 67.5 Å². The van der Waals surface area contributed by atoms with Crippen molar-refractivity contribution in [3.05, 3.63) is 54.7 Å². The molecular formula is C24H27N3O5S. The van der Waals surface area contributed by atoms with Crippen molar-refractivity contribution in [3.8, 4) is 11.5 Å². The summed E-state index contributed by atoms with van der Waals surface area (Å²) >= 11 is 0. The van der Waals surface area contributed by atoms with E-state index in [1.807, 2.05) is 30.5 Å². The topological polar surface area (TPSA) is 81.1 Å². The van der Waals surface area contributed by atoms with E-state index >= 15 is 0 Å². The Kier molecular flexibility index (Phi) is 5.99. The van der Waals surface area contributed by atoms with Gasteiger partial charge in [-0.25, -0.2) is 8.42 Å². The summed E-state index contributed by atoms with van der Waals surface area (Å²) in [6, 6.07) is 14.9. The molecule has 0 unspecified atom stereocenters. The molecule has 2 aliphatic heterocycles. The number of benzene rings is 2. The lowest BCUT2D eigenvalue weighted by molar-refractivity contribution is -0.132. The number of aromatic nitrogens is 1. The van der Waals surface area contributed by atoms with Gasteiger partial charge >= 0.3 is 0 Å². The zero-order valence-corrected chi connectivity index (χ0v) is 19.2. The van der Waals surface area contributed by atoms with E-state index < -0.39 is 10.0 Å². The van der Waals surface area contributed by atoms with E-state index in [-0.39, 0.29) is 23.9 Å². The van der Waals surface area contributed by atoms with E-state index in [4.69, 9.17) is 9.47 Å². The van der Waals surface area contributed by atoms with E-state index in [2.05, 4.69) is 10.6 Å². The van der Waals surface area contributed by atoms with Crippen LogP contribution in [0.3, 0.4) is 0 Å². The zero-order chi connectivity index (χ0) is 22.8. The molecular weight excluding hydrogens is 442 g/mol. The van der Waals surface area contributed by atoms with Gasteiger partial charge in [0.1, 0.15) is 0 Å². The number of ether oxygens (including phenoxy) is 2. The molecule has 0 aliphatic carbocycles. The summed E-state index contributed by atoms with van der Waals surface area (Å²) in [7, 11) is -3.67. The third-order valence-electron chi connectivity index (χ3n) is 6.19. The Morgan fingerprint density at radius 1 is 0.909 bits per heavy atom. The van der Waals surface area contributed by atoms with Crippen LogP contribution < -0.4 is 9.47 Å². The van der Waals surface area contributed by atoms with Crippen LogP contribution >= 0.6 is 0 Å². The number of rotatable bonds is 5. The van der Waals surface area contributed by atoms with Gasteiger partial charge in [0.25, 0.3) is 0 Å². The van der Waals surface area contributed by atoms with Gasteiger partial charge < -0.3 is 18.9 Å². The molecule has 1 saturated heterocycles. The molecule has 0 N–H and O–H groups in total. The second-order valence-electron chi connectivity index (χ2n) is 8.26. The summed E-state index contributed by atoms with van der Waals surface area (Å²) < 4.78 is 41.1. The van der Waals surface area contributed by atoms with Crippen LogP contribution in [-0.2, 0) is 21.4 Å². The fourth-order valence-corrected chi connectivity index (χ4v) is 5.78. The highest BCUT2D eigenvalue weighted by Gasteiger charge is 2.31. The van der Waals surface area contributed by atoms with Crippen molar-refractivity contribution in [1.29, 1.82) is 0 Å². The van der Waals surface area contributed by atoms with Crippen LogP contribution in [0.2, 0.25) is 0 Å². The molecule has 0 radical (unpaired) electrons. The van der Waals surface area contributed by atoms with Gasteiger partial charge in [0, 0.05) is 63.3 Å². The lowest BCUT2D eigenvalue weighted by atomic mass is 10.2. The Morgan fingerprint density at radius 2 is 1.67 bits per heavy atom. The Labute approximate surface area is 193 Å². The fraction of sp³-hybridized carbons (Fsp3) is 0.375. The first-order valence-electron chi connectivity index (χ1n) is 11.2. The molecule has 8 nitrogen and oxygen atoms in total. The fourth-order valence-electron chi connectivity index (χ4n) is 4.34. The highest BCUT2D eigenvalue weighted by atomic mass is 32.2. The number of carbonyl (C=O) groups is 1. The number of carbonyl (C=O) groups excluding carboxylic acids is 1. The molecule has 3 heterocycles. The predicted molar refractivity (Wildman–Crippen MR) is 124 cm³/mol. The smallest absolute Gasteiger partial charge is 0.243 e. The van der Waals surface area contributed by atoms with Gasteiger partial charge in [-0.1, -0.05) is 18.2 Å². The van der Waals surface area contributed by atoms with Crippen LogP contribution in [0.25, 0.3) is 10.9 Å². The molecule has 3 aromatic rings. The van der Waals surface area contributed by atoms with Crippen LogP contribution in [0.15, 0.2) is 59.6 Å². The summed E-state index contributed by atoms with van der Waals surface area (Å²) in [6.45, 7) is 2.96. The maximum Gasteiger partial charge on any atom is 0.243 e. The van der Waals surface area contributed by atoms with Crippen molar-refractivity contribution in [1.82, 2.24) is 13.8 Å². The van der Waals surface area contributed by atoms with Gasteiger partial charge in [-0.3, -0.25) is 4.79 Å². The van der Waals surface area contributed by atoms with Crippen LogP contribution in [0.4, 0.5) is 0 Å². The lowest BCUT2D eigenvalue weighted by Crippen LogP contribution is -2.50. The first-order valence-corrected chi connectivity index (χ1v) is 12.7. The molecule has 0 saturated carbocycles. The van der Waals surface area contributed by atoms with Crippen molar-refractivity contribution in [2.24, 2.45) is 0 Å². The first kappa shape index (κ1) is 21.8. The van der Waals surface area contributed by atoms with Gasteiger partial charge in [0.15, 0.2) is 11.5 Å². The minimum absolute atomic E-state index is 0.0420. The van der Waals surface area contributed by atoms with E-state index in [0.29, 0.717) is 50.8 Å². The molecule has 0 bridgehead atoms. The summed E-state index contributed by atoms with van der Waals surface area (Å²) in [5.41, 5.74) is 1.11. The number of hydrogen-bond acceptors (Lipinski definition) is 5. The number of nitrogens with zero attached hydrogens (tertiary/aromatic N) is 3. The third kappa shape index (κ3) is 4.43. The predicted octanol–water partition coefficient (Wildman–Crippen LogP) is 2.73. The molecule has 0 spiro atoms. The highest BCUT2D eigenvalue weighted by Crippen LogP contribution is 2.33. The molecule has 1 aromatic heterocycles. The maximum atomic E-state index is 13.2. The number of para-hydroxylation sites is 1. The van der Waals surface area contributed by atoms with E-state index in [1.165, 1.54) is 10.4 Å². The van der Waals surface area contributed by atoms with Crippen LogP contribution in [0.1, 0.15) is 12.8 Å². The summed E-state index contributed by atoms with van der Waals surface area (Å²) in [4.78, 5) is 14.7. The molecule has 0 atom stereocenters. The lowest BCUT2D eigenvalue weighted by Gasteiger charge is -2.34. The van der Waals surface area contributed by atoms with Crippen LogP contribution in [0, 0.1) is 0 Å². The van der Waals surface area contributed by atoms with Crippen molar-refractivity contribution < 1.29 is 22.7 Å². The maximum absolute atomic E-state index is 13.2. The SMILES string of the molecule is O=C(CCn1ccc2ccccc21)N1CCN(S(=O)(=O)c2ccc3c(c2)OCCCO3)CC1. The molecule has 5 rings (SSSR count). The second-order valence-corrected chi connectivity index (χ2v) is 10.2. The first-order chi connectivity index (χ1) is 16.0. The van der Waals surface area contributed by atoms with E-state index in [1.54, 1.807) is 17.0 Å². The number of amides is 1. The molecule has 9 heteroatoms. The standard InChI is InChI=1S/C24H27N3O5S/c28-24(9-11-25-10-8-19-4-1-2-5-21(19)25)26-12-14-27(15-13-26)33(29,30)20-6-7-22-23(18-20)32-17-3-16-31-22/h1-2,4-8,10,18H,3,9,11-17H2. The van der Waals surface area contributed by atoms with Gasteiger partial charge in [-0.2, -0.15) is 4.31 Å². The monoisotopic (exact) mass is 469 g/mol. The number of sulfonamides is 1. The van der Waals surface area contributed by atoms with Crippen molar-refractivity contribution in [2.75, 3.05) is 39.4 Å². The largest absolute Gasteiger partial charge is 0.490 e. The third-order valence-corrected chi connectivity index (χ3v) is 8.09. The highest BCUT2D eigenvalue weighted by molar-refractivity contribution is 7.89. The van der Waals surface area contributed by atoms with Gasteiger partial charge in [-0.05, 0) is 29.7 Å². The Balaban J connectivity index is 1.19. The van der Waals surface area contributed by atoms with Crippen molar-refractivity contribution in [3.63, 3.8) is 0 Å². The van der Waals surface area contributed by atoms with Gasteiger partial charge in [0.05, 0.1) is 18.1 Å². The number of aryl methyl sites for hydroxylation is 1. The van der Waals surface area contributed by atoms with E-state index in [0.717, 1.165) is 17.3 Å². The van der Waals surface area contributed by atoms with Crippen molar-refractivity contribution in [2.45, 2.75) is 24.3 Å². The average molecular weight is 470 g/mol. The number of fused-ring (bicyclic) bond motifs is 2. The van der Waals surface area contributed by atoms with Gasteiger partial charge in [-0.15, -0.1) is 0 Å². The second kappa shape index (κ2) is 9.07. The molecule has 33 heavy (non-hydrogen) atoms. The zero-order valence-electron chi connectivity index (χ0n) is 18.4. The summed E-state index contributed by atoms with van der Waals surface area (Å²) in [6.07, 6.45) is 3.14. The number of hydrogen-bond donors (Lipinski definition) is 0. The summed E-state index contributed by atoms with van der Waals surface area (Å²) in [5.74, 6) is 1.07. The Bertz CT molecular complexity index is 1260. The molecule has 2 aromatic carbocycles. The molecule has 174 valence electrons. The van der Waals surface area contributed by atoms with Gasteiger partial charge in [0.2, 0.25) is 15.9 Å². The molecule has 2 aliphatic rings. The summed E-state index contributed by atoms with van der Waals surface area (Å²) in [5, 5.41) is 1.15.